The smallest absolute Gasteiger partial charge is 0.340 e. The van der Waals surface area contributed by atoms with Gasteiger partial charge in [-0.15, -0.1) is 0 Å². The standard InChI is InChI=1S/C19H20N2O5/c1-2-25-16(22)14-7-3-4-8-15(14)21-18(24)19(9-10-19)17(23)20-12-13-6-5-11-26-13/h3-8,11H,2,9-10,12H2,1H3,(H,20,23)(H,21,24). The van der Waals surface area contributed by atoms with Gasteiger partial charge < -0.3 is 19.8 Å². The molecule has 7 heteroatoms. The lowest BCUT2D eigenvalue weighted by atomic mass is 10.0. The highest BCUT2D eigenvalue weighted by Crippen LogP contribution is 2.47. The number of amides is 2. The fourth-order valence-electron chi connectivity index (χ4n) is 2.65. The Kier molecular flexibility index (Phi) is 5.06. The van der Waals surface area contributed by atoms with Crippen molar-refractivity contribution in [1.29, 1.82) is 0 Å². The third-order valence-corrected chi connectivity index (χ3v) is 4.29. The van der Waals surface area contributed by atoms with Gasteiger partial charge in [-0.25, -0.2) is 4.79 Å². The predicted molar refractivity (Wildman–Crippen MR) is 93.2 cm³/mol. The molecule has 2 aromatic rings. The van der Waals surface area contributed by atoms with E-state index in [1.54, 1.807) is 43.3 Å². The normalized spacial score (nSPS) is 14.3. The van der Waals surface area contributed by atoms with Gasteiger partial charge in [0.15, 0.2) is 0 Å². The minimum atomic E-state index is -1.10. The zero-order chi connectivity index (χ0) is 18.6. The molecule has 0 unspecified atom stereocenters. The fourth-order valence-corrected chi connectivity index (χ4v) is 2.65. The zero-order valence-electron chi connectivity index (χ0n) is 14.4. The molecule has 1 aliphatic carbocycles. The molecule has 0 aliphatic heterocycles. The number of esters is 1. The molecule has 0 atom stereocenters. The first-order valence-corrected chi connectivity index (χ1v) is 8.45. The van der Waals surface area contributed by atoms with Crippen LogP contribution in [0.2, 0.25) is 0 Å². The van der Waals surface area contributed by atoms with E-state index in [1.807, 2.05) is 0 Å². The molecule has 3 rings (SSSR count). The van der Waals surface area contributed by atoms with Gasteiger partial charge in [0.05, 0.1) is 30.7 Å². The predicted octanol–water partition coefficient (Wildman–Crippen LogP) is 2.49. The van der Waals surface area contributed by atoms with Gasteiger partial charge in [0.1, 0.15) is 11.2 Å². The minimum Gasteiger partial charge on any atom is -0.467 e. The first-order chi connectivity index (χ1) is 12.6. The highest BCUT2D eigenvalue weighted by atomic mass is 16.5. The number of benzene rings is 1. The highest BCUT2D eigenvalue weighted by Gasteiger charge is 2.56. The Morgan fingerprint density at radius 2 is 1.88 bits per heavy atom. The van der Waals surface area contributed by atoms with Gasteiger partial charge >= 0.3 is 5.97 Å². The number of ether oxygens (including phenoxy) is 1. The summed E-state index contributed by atoms with van der Waals surface area (Å²) in [5.74, 6) is -0.677. The summed E-state index contributed by atoms with van der Waals surface area (Å²) in [4.78, 5) is 37.2. The first-order valence-electron chi connectivity index (χ1n) is 8.45. The number of rotatable bonds is 7. The van der Waals surface area contributed by atoms with Crippen LogP contribution in [0.5, 0.6) is 0 Å². The quantitative estimate of drug-likeness (QED) is 0.587. The molecule has 0 spiro atoms. The third kappa shape index (κ3) is 3.61. The van der Waals surface area contributed by atoms with Gasteiger partial charge in [0, 0.05) is 0 Å². The van der Waals surface area contributed by atoms with Crippen molar-refractivity contribution in [2.75, 3.05) is 11.9 Å². The molecular weight excluding hydrogens is 336 g/mol. The van der Waals surface area contributed by atoms with Gasteiger partial charge in [0.2, 0.25) is 11.8 Å². The van der Waals surface area contributed by atoms with E-state index >= 15 is 0 Å². The van der Waals surface area contributed by atoms with Crippen LogP contribution in [0.15, 0.2) is 47.1 Å². The largest absolute Gasteiger partial charge is 0.467 e. The Bertz CT molecular complexity index is 809. The summed E-state index contributed by atoms with van der Waals surface area (Å²) < 4.78 is 10.2. The number of anilines is 1. The number of para-hydroxylation sites is 1. The average molecular weight is 356 g/mol. The molecule has 2 amide bonds. The number of furan rings is 1. The van der Waals surface area contributed by atoms with Crippen molar-refractivity contribution in [1.82, 2.24) is 5.32 Å². The summed E-state index contributed by atoms with van der Waals surface area (Å²) in [6.07, 6.45) is 2.45. The first kappa shape index (κ1) is 17.7. The van der Waals surface area contributed by atoms with E-state index in [-0.39, 0.29) is 24.6 Å². The molecule has 26 heavy (non-hydrogen) atoms. The summed E-state index contributed by atoms with van der Waals surface area (Å²) in [7, 11) is 0. The van der Waals surface area contributed by atoms with E-state index < -0.39 is 17.3 Å². The molecule has 1 fully saturated rings. The summed E-state index contributed by atoms with van der Waals surface area (Å²) in [5, 5.41) is 5.43. The maximum Gasteiger partial charge on any atom is 0.340 e. The number of hydrogen-bond acceptors (Lipinski definition) is 5. The third-order valence-electron chi connectivity index (χ3n) is 4.29. The summed E-state index contributed by atoms with van der Waals surface area (Å²) in [5.41, 5.74) is -0.510. The van der Waals surface area contributed by atoms with Crippen LogP contribution in [-0.2, 0) is 20.9 Å². The van der Waals surface area contributed by atoms with Crippen molar-refractivity contribution in [3.63, 3.8) is 0 Å². The van der Waals surface area contributed by atoms with Gasteiger partial charge in [-0.1, -0.05) is 12.1 Å². The van der Waals surface area contributed by atoms with E-state index in [9.17, 15) is 14.4 Å². The molecule has 1 saturated carbocycles. The maximum atomic E-state index is 12.7. The Hall–Kier alpha value is -3.09. The lowest BCUT2D eigenvalue weighted by Gasteiger charge is -2.16. The molecule has 0 radical (unpaired) electrons. The molecule has 0 bridgehead atoms. The molecular formula is C19H20N2O5. The van der Waals surface area contributed by atoms with Crippen molar-refractivity contribution in [2.45, 2.75) is 26.3 Å². The Balaban J connectivity index is 1.68. The Morgan fingerprint density at radius 3 is 2.54 bits per heavy atom. The molecule has 0 saturated heterocycles. The number of carbonyl (C=O) groups is 3. The molecule has 136 valence electrons. The molecule has 1 aromatic carbocycles. The number of carbonyl (C=O) groups excluding carboxylic acids is 3. The SMILES string of the molecule is CCOC(=O)c1ccccc1NC(=O)C1(C(=O)NCc2ccco2)CC1. The van der Waals surface area contributed by atoms with Crippen LogP contribution in [0.4, 0.5) is 5.69 Å². The van der Waals surface area contributed by atoms with Crippen LogP contribution < -0.4 is 10.6 Å². The van der Waals surface area contributed by atoms with Crippen LogP contribution in [0, 0.1) is 5.41 Å². The van der Waals surface area contributed by atoms with Crippen LogP contribution in [0.25, 0.3) is 0 Å². The monoisotopic (exact) mass is 356 g/mol. The van der Waals surface area contributed by atoms with Gasteiger partial charge in [-0.05, 0) is 44.0 Å². The zero-order valence-corrected chi connectivity index (χ0v) is 14.4. The van der Waals surface area contributed by atoms with Crippen LogP contribution in [-0.4, -0.2) is 24.4 Å². The fraction of sp³-hybridized carbons (Fsp3) is 0.316. The van der Waals surface area contributed by atoms with Crippen molar-refractivity contribution in [3.8, 4) is 0 Å². The van der Waals surface area contributed by atoms with Crippen molar-refractivity contribution in [3.05, 3.63) is 54.0 Å². The number of nitrogens with one attached hydrogen (secondary N) is 2. The van der Waals surface area contributed by atoms with Gasteiger partial charge in [0.25, 0.3) is 0 Å². The second-order valence-electron chi connectivity index (χ2n) is 6.06. The van der Waals surface area contributed by atoms with Crippen LogP contribution >= 0.6 is 0 Å². The van der Waals surface area contributed by atoms with Crippen molar-refractivity contribution >= 4 is 23.5 Å². The molecule has 1 aliphatic rings. The summed E-state index contributed by atoms with van der Waals surface area (Å²) in [6, 6.07) is 10.0. The van der Waals surface area contributed by atoms with E-state index in [0.717, 1.165) is 0 Å². The lowest BCUT2D eigenvalue weighted by Crippen LogP contribution is -2.39. The summed E-state index contributed by atoms with van der Waals surface area (Å²) in [6.45, 7) is 2.17. The second kappa shape index (κ2) is 7.43. The van der Waals surface area contributed by atoms with Crippen molar-refractivity contribution < 1.29 is 23.5 Å². The van der Waals surface area contributed by atoms with Crippen LogP contribution in [0.3, 0.4) is 0 Å². The van der Waals surface area contributed by atoms with E-state index in [1.165, 1.54) is 6.26 Å². The van der Waals surface area contributed by atoms with E-state index in [0.29, 0.717) is 24.3 Å². The molecule has 1 aromatic heterocycles. The Labute approximate surface area is 150 Å². The Morgan fingerprint density at radius 1 is 1.12 bits per heavy atom. The minimum absolute atomic E-state index is 0.222. The van der Waals surface area contributed by atoms with E-state index in [2.05, 4.69) is 10.6 Å². The molecule has 2 N–H and O–H groups in total. The van der Waals surface area contributed by atoms with E-state index in [4.69, 9.17) is 9.15 Å². The average Bonchev–Trinajstić information content (AvgIpc) is 3.30. The molecule has 1 heterocycles. The van der Waals surface area contributed by atoms with Gasteiger partial charge in [-0.2, -0.15) is 0 Å². The molecule has 7 nitrogen and oxygen atoms in total. The van der Waals surface area contributed by atoms with Crippen molar-refractivity contribution in [2.24, 2.45) is 5.41 Å². The number of hydrogen-bond donors (Lipinski definition) is 2. The maximum absolute atomic E-state index is 12.7. The summed E-state index contributed by atoms with van der Waals surface area (Å²) >= 11 is 0. The second-order valence-corrected chi connectivity index (χ2v) is 6.06. The van der Waals surface area contributed by atoms with Gasteiger partial charge in [-0.3, -0.25) is 9.59 Å². The topological polar surface area (TPSA) is 97.6 Å². The van der Waals surface area contributed by atoms with Crippen LogP contribution in [0.1, 0.15) is 35.9 Å². The highest BCUT2D eigenvalue weighted by molar-refractivity contribution is 6.14. The lowest BCUT2D eigenvalue weighted by molar-refractivity contribution is -0.134.